The first-order valence-electron chi connectivity index (χ1n) is 6.29. The van der Waals surface area contributed by atoms with Crippen LogP contribution in [0.5, 0.6) is 5.75 Å². The van der Waals surface area contributed by atoms with Crippen molar-refractivity contribution in [2.24, 2.45) is 10.6 Å². The molecule has 0 aromatic heterocycles. The van der Waals surface area contributed by atoms with Crippen molar-refractivity contribution in [3.63, 3.8) is 0 Å². The summed E-state index contributed by atoms with van der Waals surface area (Å²) in [5.74, 6) is 0.826. The van der Waals surface area contributed by atoms with E-state index >= 15 is 0 Å². The van der Waals surface area contributed by atoms with Gasteiger partial charge in [-0.1, -0.05) is 25.0 Å². The van der Waals surface area contributed by atoms with E-state index in [4.69, 9.17) is 10.5 Å². The van der Waals surface area contributed by atoms with Gasteiger partial charge in [-0.05, 0) is 37.1 Å². The van der Waals surface area contributed by atoms with E-state index in [9.17, 15) is 0 Å². The second-order valence-electron chi connectivity index (χ2n) is 4.09. The first-order valence-corrected chi connectivity index (χ1v) is 6.29. The summed E-state index contributed by atoms with van der Waals surface area (Å²) in [5.41, 5.74) is 8.75. The highest BCUT2D eigenvalue weighted by Crippen LogP contribution is 2.19. The number of nitrogens with two attached hydrogens (primary N) is 1. The summed E-state index contributed by atoms with van der Waals surface area (Å²) in [5, 5.41) is 0. The average Bonchev–Trinajstić information content (AvgIpc) is 2.42. The molecular weight excluding hydrogens is 235 g/mol. The zero-order valence-electron chi connectivity index (χ0n) is 11.8. The number of rotatable bonds is 6. The zero-order valence-corrected chi connectivity index (χ0v) is 11.8. The highest BCUT2D eigenvalue weighted by atomic mass is 16.5. The first-order chi connectivity index (χ1) is 9.21. The van der Waals surface area contributed by atoms with E-state index < -0.39 is 0 Å². The van der Waals surface area contributed by atoms with Gasteiger partial charge in [0, 0.05) is 18.0 Å². The van der Waals surface area contributed by atoms with Crippen molar-refractivity contribution in [2.45, 2.75) is 20.7 Å². The van der Waals surface area contributed by atoms with Crippen molar-refractivity contribution in [1.82, 2.24) is 0 Å². The lowest BCUT2D eigenvalue weighted by Crippen LogP contribution is -2.05. The van der Waals surface area contributed by atoms with Gasteiger partial charge in [-0.3, -0.25) is 0 Å². The molecule has 3 nitrogen and oxygen atoms in total. The van der Waals surface area contributed by atoms with Crippen molar-refractivity contribution in [1.29, 1.82) is 0 Å². The molecule has 0 aliphatic heterocycles. The molecule has 1 rings (SSSR count). The monoisotopic (exact) mass is 255 g/mol. The number of benzene rings is 1. The topological polar surface area (TPSA) is 47.6 Å². The molecule has 0 bridgehead atoms. The van der Waals surface area contributed by atoms with Crippen molar-refractivity contribution < 1.29 is 4.74 Å². The molecule has 0 saturated heterocycles. The third-order valence-electron chi connectivity index (χ3n) is 2.61. The van der Waals surface area contributed by atoms with Crippen LogP contribution in [0.25, 0.3) is 6.08 Å². The Balaban J connectivity index is 2.72. The van der Waals surface area contributed by atoms with Gasteiger partial charge in [-0.15, -0.1) is 0 Å². The number of aryl methyl sites for hydroxylation is 1. The molecule has 0 saturated carbocycles. The summed E-state index contributed by atoms with van der Waals surface area (Å²) in [6.45, 7) is 6.34. The van der Waals surface area contributed by atoms with Crippen LogP contribution >= 0.6 is 0 Å². The molecule has 0 aliphatic rings. The number of nitrogens with zero attached hydrogens (tertiary/aromatic N) is 1. The van der Waals surface area contributed by atoms with Gasteiger partial charge < -0.3 is 15.4 Å². The van der Waals surface area contributed by atoms with Crippen LogP contribution in [0.1, 0.15) is 18.1 Å². The van der Waals surface area contributed by atoms with Gasteiger partial charge in [0.25, 0.3) is 7.41 Å². The van der Waals surface area contributed by atoms with Crippen LogP contribution < -0.4 is 10.5 Å². The van der Waals surface area contributed by atoms with Gasteiger partial charge in [0.05, 0.1) is 0 Å². The van der Waals surface area contributed by atoms with E-state index in [0.29, 0.717) is 6.61 Å². The van der Waals surface area contributed by atoms with Crippen LogP contribution in [0.15, 0.2) is 41.0 Å². The Morgan fingerprint density at radius 1 is 1.47 bits per heavy atom. The van der Waals surface area contributed by atoms with Crippen LogP contribution in [-0.4, -0.2) is 20.2 Å². The summed E-state index contributed by atoms with van der Waals surface area (Å²) in [4.78, 5) is 4.03. The van der Waals surface area contributed by atoms with E-state index in [1.165, 1.54) is 11.8 Å². The van der Waals surface area contributed by atoms with Crippen LogP contribution in [0, 0.1) is 6.92 Å². The van der Waals surface area contributed by atoms with Gasteiger partial charge in [0.1, 0.15) is 12.4 Å². The maximum Gasteiger partial charge on any atom is 0.271 e. The Morgan fingerprint density at radius 3 is 2.89 bits per heavy atom. The molecule has 99 valence electrons. The highest BCUT2D eigenvalue weighted by Gasteiger charge is 2.00. The second-order valence-corrected chi connectivity index (χ2v) is 4.09. The molecular formula is C15H20BN2O. The molecule has 0 spiro atoms. The van der Waals surface area contributed by atoms with Gasteiger partial charge in [-0.25, -0.2) is 0 Å². The Hall–Kier alpha value is -1.97. The maximum atomic E-state index is 5.71. The fraction of sp³-hybridized carbons (Fsp3) is 0.267. The number of ether oxygens (including phenoxy) is 1. The minimum absolute atomic E-state index is 0.409. The fourth-order valence-corrected chi connectivity index (χ4v) is 1.53. The van der Waals surface area contributed by atoms with Crippen LogP contribution in [0.4, 0.5) is 0 Å². The molecule has 0 atom stereocenters. The largest absolute Gasteiger partial charge is 0.489 e. The molecule has 1 radical (unpaired) electrons. The van der Waals surface area contributed by atoms with E-state index in [2.05, 4.69) is 17.9 Å². The molecule has 0 amide bonds. The lowest BCUT2D eigenvalue weighted by molar-refractivity contribution is 0.357. The maximum absolute atomic E-state index is 5.71. The number of hydrogen-bond acceptors (Lipinski definition) is 3. The molecule has 0 aliphatic carbocycles. The molecule has 1 aromatic carbocycles. The summed E-state index contributed by atoms with van der Waals surface area (Å²) >= 11 is 0. The predicted octanol–water partition coefficient (Wildman–Crippen LogP) is 2.99. The van der Waals surface area contributed by atoms with Gasteiger partial charge >= 0.3 is 0 Å². The SMILES string of the molecule is C[B]/N=C/C(=C\N)COc1ccc(C)c(/C=C\C)c1. The lowest BCUT2D eigenvalue weighted by Gasteiger charge is -2.09. The molecule has 4 heteroatoms. The summed E-state index contributed by atoms with van der Waals surface area (Å²) < 4.78 is 5.71. The van der Waals surface area contributed by atoms with E-state index in [1.54, 1.807) is 13.6 Å². The number of allylic oxidation sites excluding steroid dienone is 1. The molecule has 19 heavy (non-hydrogen) atoms. The minimum atomic E-state index is 0.409. The summed E-state index contributed by atoms with van der Waals surface area (Å²) in [6, 6.07) is 6.02. The smallest absolute Gasteiger partial charge is 0.271 e. The Kier molecular flexibility index (Phi) is 6.51. The van der Waals surface area contributed by atoms with E-state index in [1.807, 2.05) is 38.0 Å². The molecule has 0 unspecified atom stereocenters. The summed E-state index contributed by atoms with van der Waals surface area (Å²) in [6.07, 6.45) is 7.28. The standard InChI is InChI=1S/C15H20BN2O/c1-4-5-14-8-15(7-6-12(14)2)19-11-13(9-17)10-18-16-3/h4-10H,11,17H2,1-3H3/b5-4-,13-9+,18-10+. The van der Waals surface area contributed by atoms with Crippen molar-refractivity contribution >= 4 is 19.7 Å². The highest BCUT2D eigenvalue weighted by molar-refractivity contribution is 6.33. The van der Waals surface area contributed by atoms with Crippen molar-refractivity contribution in [2.75, 3.05) is 6.61 Å². The van der Waals surface area contributed by atoms with E-state index in [0.717, 1.165) is 16.9 Å². The van der Waals surface area contributed by atoms with Gasteiger partial charge in [-0.2, -0.15) is 0 Å². The average molecular weight is 255 g/mol. The zero-order chi connectivity index (χ0) is 14.1. The van der Waals surface area contributed by atoms with Crippen LogP contribution in [0.2, 0.25) is 6.82 Å². The second kappa shape index (κ2) is 8.19. The van der Waals surface area contributed by atoms with Crippen molar-refractivity contribution in [3.05, 3.63) is 47.2 Å². The quantitative estimate of drug-likeness (QED) is 0.627. The predicted molar refractivity (Wildman–Crippen MR) is 83.8 cm³/mol. The first kappa shape index (κ1) is 15.1. The van der Waals surface area contributed by atoms with Crippen LogP contribution in [0.3, 0.4) is 0 Å². The Morgan fingerprint density at radius 2 is 2.26 bits per heavy atom. The molecule has 0 fully saturated rings. The van der Waals surface area contributed by atoms with E-state index in [-0.39, 0.29) is 0 Å². The van der Waals surface area contributed by atoms with Crippen molar-refractivity contribution in [3.8, 4) is 5.75 Å². The molecule has 0 heterocycles. The Bertz CT molecular complexity index is 493. The molecule has 1 aromatic rings. The lowest BCUT2D eigenvalue weighted by atomic mass is 10.0. The fourth-order valence-electron chi connectivity index (χ4n) is 1.53. The normalized spacial score (nSPS) is 12.3. The Labute approximate surface area is 116 Å². The third-order valence-corrected chi connectivity index (χ3v) is 2.61. The van der Waals surface area contributed by atoms with Crippen LogP contribution in [-0.2, 0) is 0 Å². The summed E-state index contributed by atoms with van der Waals surface area (Å²) in [7, 11) is 1.71. The third kappa shape index (κ3) is 5.04. The van der Waals surface area contributed by atoms with Gasteiger partial charge in [0.15, 0.2) is 0 Å². The number of hydrogen-bond donors (Lipinski definition) is 1. The van der Waals surface area contributed by atoms with Gasteiger partial charge in [0.2, 0.25) is 0 Å². The molecule has 2 N–H and O–H groups in total. The minimum Gasteiger partial charge on any atom is -0.489 e.